The summed E-state index contributed by atoms with van der Waals surface area (Å²) in [5.41, 5.74) is 9.37. The molecule has 4 rings (SSSR count). The Labute approximate surface area is 175 Å². The van der Waals surface area contributed by atoms with Gasteiger partial charge in [-0.05, 0) is 52.7 Å². The first kappa shape index (κ1) is 18.9. The zero-order valence-electron chi connectivity index (χ0n) is 15.7. The Morgan fingerprint density at radius 3 is 2.69 bits per heavy atom. The van der Waals surface area contributed by atoms with E-state index in [-0.39, 0.29) is 23.0 Å². The van der Waals surface area contributed by atoms with E-state index in [1.54, 1.807) is 16.8 Å². The van der Waals surface area contributed by atoms with Crippen molar-refractivity contribution in [1.82, 2.24) is 9.78 Å². The molecule has 1 atom stereocenters. The normalized spacial score (nSPS) is 15.4. The van der Waals surface area contributed by atoms with Gasteiger partial charge in [0.25, 0.3) is 0 Å². The van der Waals surface area contributed by atoms with Gasteiger partial charge in [-0.2, -0.15) is 10.4 Å². The number of ether oxygens (including phenoxy) is 2. The standard InChI is InChI=1S/C21H17BrN4O3/c1-11-17-18(12-8-15(22)19(27)16(9-12)28-2)14(10-23)20(24)29-21(17)26(25-11)13-6-4-3-5-7-13/h3-9,18,27H,24H2,1-2H3/t18-/m0/s1. The Morgan fingerprint density at radius 2 is 2.03 bits per heavy atom. The summed E-state index contributed by atoms with van der Waals surface area (Å²) in [5.74, 6) is 0.220. The van der Waals surface area contributed by atoms with Crippen LogP contribution in [0.2, 0.25) is 0 Å². The van der Waals surface area contributed by atoms with E-state index in [9.17, 15) is 10.4 Å². The molecule has 1 aliphatic rings. The lowest BCUT2D eigenvalue weighted by molar-refractivity contribution is 0.364. The average Bonchev–Trinajstić information content (AvgIpc) is 3.05. The van der Waals surface area contributed by atoms with E-state index in [1.807, 2.05) is 37.3 Å². The minimum absolute atomic E-state index is 0.0179. The minimum atomic E-state index is -0.521. The maximum absolute atomic E-state index is 10.2. The molecule has 1 aromatic heterocycles. The number of hydrogen-bond donors (Lipinski definition) is 2. The van der Waals surface area contributed by atoms with Gasteiger partial charge >= 0.3 is 0 Å². The van der Waals surface area contributed by atoms with Crippen LogP contribution in [0.4, 0.5) is 0 Å². The van der Waals surface area contributed by atoms with Crippen LogP contribution in [-0.4, -0.2) is 22.0 Å². The molecule has 0 fully saturated rings. The number of methoxy groups -OCH3 is 1. The lowest BCUT2D eigenvalue weighted by Crippen LogP contribution is -2.22. The zero-order chi connectivity index (χ0) is 20.7. The number of fused-ring (bicyclic) bond motifs is 1. The number of nitrogens with two attached hydrogens (primary N) is 1. The molecule has 3 aromatic rings. The van der Waals surface area contributed by atoms with Crippen molar-refractivity contribution in [3.8, 4) is 29.1 Å². The minimum Gasteiger partial charge on any atom is -0.503 e. The van der Waals surface area contributed by atoms with Crippen molar-refractivity contribution in [2.75, 3.05) is 7.11 Å². The fourth-order valence-electron chi connectivity index (χ4n) is 3.51. The van der Waals surface area contributed by atoms with Gasteiger partial charge in [0, 0.05) is 0 Å². The van der Waals surface area contributed by atoms with Gasteiger partial charge in [0.1, 0.15) is 11.6 Å². The van der Waals surface area contributed by atoms with E-state index in [1.165, 1.54) is 7.11 Å². The predicted molar refractivity (Wildman–Crippen MR) is 110 cm³/mol. The number of nitriles is 1. The maximum Gasteiger partial charge on any atom is 0.229 e. The maximum atomic E-state index is 10.2. The van der Waals surface area contributed by atoms with E-state index in [0.717, 1.165) is 11.3 Å². The molecule has 29 heavy (non-hydrogen) atoms. The van der Waals surface area contributed by atoms with Crippen LogP contribution < -0.4 is 15.2 Å². The lowest BCUT2D eigenvalue weighted by atomic mass is 9.84. The highest BCUT2D eigenvalue weighted by Gasteiger charge is 2.36. The molecule has 0 unspecified atom stereocenters. The van der Waals surface area contributed by atoms with Crippen LogP contribution in [0.3, 0.4) is 0 Å². The molecule has 1 aliphatic heterocycles. The Balaban J connectivity index is 1.98. The highest BCUT2D eigenvalue weighted by molar-refractivity contribution is 9.10. The van der Waals surface area contributed by atoms with Gasteiger partial charge < -0.3 is 20.3 Å². The van der Waals surface area contributed by atoms with E-state index in [2.05, 4.69) is 27.1 Å². The van der Waals surface area contributed by atoms with Crippen molar-refractivity contribution in [3.05, 3.63) is 75.2 Å². The van der Waals surface area contributed by atoms with Crippen LogP contribution >= 0.6 is 15.9 Å². The molecule has 2 aromatic carbocycles. The number of aromatic nitrogens is 2. The van der Waals surface area contributed by atoms with Gasteiger partial charge in [0.15, 0.2) is 11.5 Å². The molecule has 8 heteroatoms. The topological polar surface area (TPSA) is 106 Å². The van der Waals surface area contributed by atoms with Gasteiger partial charge in [0.05, 0.1) is 34.4 Å². The first-order valence-corrected chi connectivity index (χ1v) is 9.54. The molecular formula is C21H17BrN4O3. The van der Waals surface area contributed by atoms with Crippen molar-refractivity contribution in [2.45, 2.75) is 12.8 Å². The molecule has 146 valence electrons. The van der Waals surface area contributed by atoms with Crippen LogP contribution in [0.15, 0.2) is 58.4 Å². The molecule has 2 heterocycles. The van der Waals surface area contributed by atoms with E-state index < -0.39 is 5.92 Å². The van der Waals surface area contributed by atoms with Gasteiger partial charge in [-0.25, -0.2) is 4.68 Å². The summed E-state index contributed by atoms with van der Waals surface area (Å²) in [4.78, 5) is 0. The molecule has 0 saturated carbocycles. The smallest absolute Gasteiger partial charge is 0.229 e. The van der Waals surface area contributed by atoms with Gasteiger partial charge in [0.2, 0.25) is 11.8 Å². The van der Waals surface area contributed by atoms with E-state index in [4.69, 9.17) is 15.2 Å². The summed E-state index contributed by atoms with van der Waals surface area (Å²) in [6.07, 6.45) is 0. The Kier molecular flexibility index (Phi) is 4.68. The van der Waals surface area contributed by atoms with Crippen LogP contribution in [-0.2, 0) is 0 Å². The summed E-state index contributed by atoms with van der Waals surface area (Å²) in [7, 11) is 1.47. The number of hydrogen-bond acceptors (Lipinski definition) is 6. The van der Waals surface area contributed by atoms with Crippen molar-refractivity contribution >= 4 is 15.9 Å². The first-order chi connectivity index (χ1) is 14.0. The fraction of sp³-hybridized carbons (Fsp3) is 0.143. The van der Waals surface area contributed by atoms with Crippen molar-refractivity contribution in [2.24, 2.45) is 5.73 Å². The molecule has 0 aliphatic carbocycles. The molecule has 3 N–H and O–H groups in total. The van der Waals surface area contributed by atoms with Crippen molar-refractivity contribution in [3.63, 3.8) is 0 Å². The molecule has 0 bridgehead atoms. The summed E-state index contributed by atoms with van der Waals surface area (Å²) >= 11 is 3.35. The Morgan fingerprint density at radius 1 is 1.31 bits per heavy atom. The molecule has 0 amide bonds. The third-order valence-electron chi connectivity index (χ3n) is 4.84. The van der Waals surface area contributed by atoms with Crippen LogP contribution in [0.25, 0.3) is 5.69 Å². The van der Waals surface area contributed by atoms with Gasteiger partial charge in [-0.1, -0.05) is 18.2 Å². The molecule has 0 radical (unpaired) electrons. The third-order valence-corrected chi connectivity index (χ3v) is 5.44. The van der Waals surface area contributed by atoms with Crippen molar-refractivity contribution < 1.29 is 14.6 Å². The summed E-state index contributed by atoms with van der Waals surface area (Å²) in [5, 5.41) is 24.6. The number of nitrogens with zero attached hydrogens (tertiary/aromatic N) is 3. The van der Waals surface area contributed by atoms with Crippen LogP contribution in [0.5, 0.6) is 17.4 Å². The molecular weight excluding hydrogens is 436 g/mol. The lowest BCUT2D eigenvalue weighted by Gasteiger charge is -2.25. The second-order valence-electron chi connectivity index (χ2n) is 6.53. The highest BCUT2D eigenvalue weighted by atomic mass is 79.9. The van der Waals surface area contributed by atoms with Gasteiger partial charge in [-0.15, -0.1) is 0 Å². The average molecular weight is 453 g/mol. The number of aryl methyl sites for hydroxylation is 1. The molecule has 7 nitrogen and oxygen atoms in total. The first-order valence-electron chi connectivity index (χ1n) is 8.75. The summed E-state index contributed by atoms with van der Waals surface area (Å²) < 4.78 is 13.3. The number of allylic oxidation sites excluding steroid dienone is 1. The number of aromatic hydroxyl groups is 1. The van der Waals surface area contributed by atoms with Crippen LogP contribution in [0.1, 0.15) is 22.7 Å². The number of halogens is 1. The monoisotopic (exact) mass is 452 g/mol. The Hall–Kier alpha value is -3.44. The van der Waals surface area contributed by atoms with E-state index in [0.29, 0.717) is 21.6 Å². The number of rotatable bonds is 3. The third kappa shape index (κ3) is 3.00. The summed E-state index contributed by atoms with van der Waals surface area (Å²) in [6.45, 7) is 1.86. The fourth-order valence-corrected chi connectivity index (χ4v) is 3.97. The quantitative estimate of drug-likeness (QED) is 0.624. The van der Waals surface area contributed by atoms with Crippen molar-refractivity contribution in [1.29, 1.82) is 5.26 Å². The zero-order valence-corrected chi connectivity index (χ0v) is 17.3. The van der Waals surface area contributed by atoms with Crippen LogP contribution in [0, 0.1) is 18.3 Å². The number of benzene rings is 2. The highest BCUT2D eigenvalue weighted by Crippen LogP contribution is 2.47. The molecule has 0 spiro atoms. The predicted octanol–water partition coefficient (Wildman–Crippen LogP) is 3.88. The van der Waals surface area contributed by atoms with E-state index >= 15 is 0 Å². The summed E-state index contributed by atoms with van der Waals surface area (Å²) in [6, 6.07) is 15.1. The molecule has 0 saturated heterocycles. The van der Waals surface area contributed by atoms with Gasteiger partial charge in [-0.3, -0.25) is 0 Å². The second-order valence-corrected chi connectivity index (χ2v) is 7.38. The largest absolute Gasteiger partial charge is 0.503 e. The number of phenolic OH excluding ortho intramolecular Hbond substituents is 1. The SMILES string of the molecule is COc1cc([C@H]2C(C#N)=C(N)Oc3c2c(C)nn3-c2ccccc2)cc(Br)c1O. The number of para-hydroxylation sites is 1. The Bertz CT molecular complexity index is 1180. The second kappa shape index (κ2) is 7.18. The number of phenols is 1.